The summed E-state index contributed by atoms with van der Waals surface area (Å²) in [4.78, 5) is 14.6. The molecule has 1 heterocycles. The molecule has 1 rings (SSSR count). The third-order valence-corrected chi connectivity index (χ3v) is 1.29. The first-order valence-corrected chi connectivity index (χ1v) is 3.21. The molecule has 0 aliphatic heterocycles. The fourth-order valence-electron chi connectivity index (χ4n) is 0.688. The highest BCUT2D eigenvalue weighted by Gasteiger charge is 2.02. The van der Waals surface area contributed by atoms with Crippen LogP contribution in [0.3, 0.4) is 0 Å². The maximum Gasteiger partial charge on any atom is 0.283 e. The van der Waals surface area contributed by atoms with Crippen LogP contribution in [-0.4, -0.2) is 10.9 Å². The van der Waals surface area contributed by atoms with Gasteiger partial charge in [0.2, 0.25) is 0 Å². The molecule has 0 aromatic carbocycles. The minimum absolute atomic E-state index is 0. The van der Waals surface area contributed by atoms with Crippen LogP contribution in [0.15, 0.2) is 18.3 Å². The number of aromatic nitrogens is 1. The van der Waals surface area contributed by atoms with Gasteiger partial charge < -0.3 is 0 Å². The molecule has 0 aliphatic rings. The van der Waals surface area contributed by atoms with Gasteiger partial charge in [-0.05, 0) is 12.1 Å². The number of nitrogens with one attached hydrogen (secondary N) is 1. The molecule has 0 aliphatic carbocycles. The summed E-state index contributed by atoms with van der Waals surface area (Å²) in [6.45, 7) is 0. The number of nitrogens with zero attached hydrogens (tertiary/aromatic N) is 1. The molecule has 0 saturated heterocycles. The van der Waals surface area contributed by atoms with Gasteiger partial charge >= 0.3 is 0 Å². The van der Waals surface area contributed by atoms with E-state index in [1.165, 1.54) is 12.3 Å². The highest BCUT2D eigenvalue weighted by molar-refractivity contribution is 5.91. The zero-order valence-electron chi connectivity index (χ0n) is 6.65. The first-order valence-electron chi connectivity index (χ1n) is 3.21. The zero-order chi connectivity index (χ0) is 8.97. The second-order valence-corrected chi connectivity index (χ2v) is 2.05. The highest BCUT2D eigenvalue weighted by Crippen LogP contribution is 1.97. The Hall–Kier alpha value is -1.57. The summed E-state index contributed by atoms with van der Waals surface area (Å²) in [6.07, 6.45) is 6.53. The van der Waals surface area contributed by atoms with Gasteiger partial charge in [0.05, 0.1) is 0 Å². The topological polar surface area (TPSA) is 68.0 Å². The standard InChI is InChI=1S/C8H7N3O.ClH/c1-2-6-3-4-7(10-5-6)8(12)11-9;/h1,3-5H,9H2,(H,11,12);1H. The monoisotopic (exact) mass is 197 g/mol. The van der Waals surface area contributed by atoms with Crippen LogP contribution in [0.5, 0.6) is 0 Å². The van der Waals surface area contributed by atoms with E-state index in [4.69, 9.17) is 12.3 Å². The van der Waals surface area contributed by atoms with E-state index in [0.29, 0.717) is 5.56 Å². The molecular formula is C8H8ClN3O. The minimum atomic E-state index is -0.432. The van der Waals surface area contributed by atoms with E-state index in [2.05, 4.69) is 10.9 Å². The van der Waals surface area contributed by atoms with Crippen LogP contribution in [-0.2, 0) is 0 Å². The van der Waals surface area contributed by atoms with Crippen molar-refractivity contribution in [3.63, 3.8) is 0 Å². The number of hydrogen-bond acceptors (Lipinski definition) is 3. The van der Waals surface area contributed by atoms with Gasteiger partial charge in [0.25, 0.3) is 5.91 Å². The molecule has 4 nitrogen and oxygen atoms in total. The molecule has 1 aromatic heterocycles. The molecule has 3 N–H and O–H groups in total. The van der Waals surface area contributed by atoms with Crippen LogP contribution in [0.4, 0.5) is 0 Å². The Labute approximate surface area is 81.9 Å². The lowest BCUT2D eigenvalue weighted by Crippen LogP contribution is -2.30. The normalized spacial score (nSPS) is 8.00. The van der Waals surface area contributed by atoms with E-state index in [0.717, 1.165) is 0 Å². The highest BCUT2D eigenvalue weighted by atomic mass is 35.5. The maximum atomic E-state index is 10.9. The predicted octanol–water partition coefficient (Wildman–Crippen LogP) is 0.0882. The van der Waals surface area contributed by atoms with Crippen molar-refractivity contribution < 1.29 is 4.79 Å². The van der Waals surface area contributed by atoms with Crippen molar-refractivity contribution in [3.05, 3.63) is 29.6 Å². The molecule has 0 spiro atoms. The van der Waals surface area contributed by atoms with Crippen molar-refractivity contribution in [1.82, 2.24) is 10.4 Å². The second-order valence-electron chi connectivity index (χ2n) is 2.05. The molecule has 0 bridgehead atoms. The van der Waals surface area contributed by atoms with Gasteiger partial charge in [-0.1, -0.05) is 5.92 Å². The van der Waals surface area contributed by atoms with Crippen LogP contribution >= 0.6 is 12.4 Å². The molecule has 0 unspecified atom stereocenters. The van der Waals surface area contributed by atoms with E-state index in [1.807, 2.05) is 5.43 Å². The second kappa shape index (κ2) is 5.14. The number of carbonyl (C=O) groups is 1. The van der Waals surface area contributed by atoms with Crippen LogP contribution < -0.4 is 11.3 Å². The maximum absolute atomic E-state index is 10.9. The lowest BCUT2D eigenvalue weighted by atomic mass is 10.2. The van der Waals surface area contributed by atoms with Crippen molar-refractivity contribution in [2.24, 2.45) is 5.84 Å². The van der Waals surface area contributed by atoms with Gasteiger partial charge in [0.1, 0.15) is 5.69 Å². The molecule has 1 amide bonds. The molecule has 0 atom stereocenters. The number of nitrogen functional groups attached to an aromatic ring is 1. The summed E-state index contributed by atoms with van der Waals surface area (Å²) in [5.41, 5.74) is 2.84. The fraction of sp³-hybridized carbons (Fsp3) is 0. The van der Waals surface area contributed by atoms with E-state index in [9.17, 15) is 4.79 Å². The quantitative estimate of drug-likeness (QED) is 0.290. The summed E-state index contributed by atoms with van der Waals surface area (Å²) < 4.78 is 0. The molecule has 5 heteroatoms. The Kier molecular flexibility index (Phi) is 4.52. The number of amides is 1. The van der Waals surface area contributed by atoms with E-state index in [1.54, 1.807) is 6.07 Å². The minimum Gasteiger partial charge on any atom is -0.289 e. The lowest BCUT2D eigenvalue weighted by Gasteiger charge is -1.96. The predicted molar refractivity (Wildman–Crippen MR) is 51.1 cm³/mol. The number of nitrogens with two attached hydrogens (primary N) is 1. The Morgan fingerprint density at radius 2 is 2.31 bits per heavy atom. The molecule has 13 heavy (non-hydrogen) atoms. The first kappa shape index (κ1) is 11.4. The Morgan fingerprint density at radius 1 is 1.62 bits per heavy atom. The van der Waals surface area contributed by atoms with Crippen molar-refractivity contribution >= 4 is 18.3 Å². The summed E-state index contributed by atoms with van der Waals surface area (Å²) in [5.74, 6) is 6.85. The SMILES string of the molecule is C#Cc1ccc(C(=O)NN)nc1.Cl. The van der Waals surface area contributed by atoms with Gasteiger partial charge in [0.15, 0.2) is 0 Å². The summed E-state index contributed by atoms with van der Waals surface area (Å²) in [7, 11) is 0. The summed E-state index contributed by atoms with van der Waals surface area (Å²) in [6, 6.07) is 3.13. The van der Waals surface area contributed by atoms with Crippen LogP contribution in [0.25, 0.3) is 0 Å². The Balaban J connectivity index is 0.00000144. The number of rotatable bonds is 1. The summed E-state index contributed by atoms with van der Waals surface area (Å²) in [5, 5.41) is 0. The van der Waals surface area contributed by atoms with Gasteiger partial charge in [-0.25, -0.2) is 10.8 Å². The molecule has 0 saturated carbocycles. The fourth-order valence-corrected chi connectivity index (χ4v) is 0.688. The number of hydrazine groups is 1. The number of carbonyl (C=O) groups excluding carboxylic acids is 1. The van der Waals surface area contributed by atoms with E-state index in [-0.39, 0.29) is 18.1 Å². The number of halogens is 1. The van der Waals surface area contributed by atoms with Crippen LogP contribution in [0.2, 0.25) is 0 Å². The Bertz CT molecular complexity index is 328. The van der Waals surface area contributed by atoms with Crippen LogP contribution in [0, 0.1) is 12.3 Å². The zero-order valence-corrected chi connectivity index (χ0v) is 7.47. The van der Waals surface area contributed by atoms with E-state index < -0.39 is 5.91 Å². The average molecular weight is 198 g/mol. The third-order valence-electron chi connectivity index (χ3n) is 1.29. The number of hydrogen-bond donors (Lipinski definition) is 2. The van der Waals surface area contributed by atoms with Crippen LogP contribution in [0.1, 0.15) is 16.1 Å². The number of pyridine rings is 1. The number of terminal acetylenes is 1. The van der Waals surface area contributed by atoms with Gasteiger partial charge in [-0.3, -0.25) is 10.2 Å². The molecular weight excluding hydrogens is 190 g/mol. The van der Waals surface area contributed by atoms with Gasteiger partial charge in [0, 0.05) is 11.8 Å². The molecule has 0 radical (unpaired) electrons. The third kappa shape index (κ3) is 2.75. The smallest absolute Gasteiger partial charge is 0.283 e. The van der Waals surface area contributed by atoms with Crippen molar-refractivity contribution in [2.75, 3.05) is 0 Å². The van der Waals surface area contributed by atoms with Gasteiger partial charge in [-0.2, -0.15) is 0 Å². The van der Waals surface area contributed by atoms with Crippen molar-refractivity contribution in [3.8, 4) is 12.3 Å². The largest absolute Gasteiger partial charge is 0.289 e. The van der Waals surface area contributed by atoms with Crippen molar-refractivity contribution in [1.29, 1.82) is 0 Å². The van der Waals surface area contributed by atoms with Gasteiger partial charge in [-0.15, -0.1) is 18.8 Å². The Morgan fingerprint density at radius 3 is 2.69 bits per heavy atom. The average Bonchev–Trinajstić information content (AvgIpc) is 2.17. The molecule has 68 valence electrons. The van der Waals surface area contributed by atoms with E-state index >= 15 is 0 Å². The molecule has 0 fully saturated rings. The van der Waals surface area contributed by atoms with Crippen molar-refractivity contribution in [2.45, 2.75) is 0 Å². The lowest BCUT2D eigenvalue weighted by molar-refractivity contribution is 0.0948. The summed E-state index contributed by atoms with van der Waals surface area (Å²) >= 11 is 0. The molecule has 1 aromatic rings. The first-order chi connectivity index (χ1) is 5.77.